The molecule has 0 bridgehead atoms. The molecule has 4 rings (SSSR count). The molecule has 0 aliphatic carbocycles. The van der Waals surface area contributed by atoms with Crippen LogP contribution in [0.1, 0.15) is 11.1 Å². The number of hydrogen-bond acceptors (Lipinski definition) is 4. The average molecular weight is 377 g/mol. The first-order valence-corrected chi connectivity index (χ1v) is 9.36. The maximum Gasteiger partial charge on any atom is 0.263 e. The number of hydrogen-bond donors (Lipinski definition) is 1. The normalized spacial score (nSPS) is 15.5. The lowest BCUT2D eigenvalue weighted by atomic mass is 10.1. The zero-order chi connectivity index (χ0) is 17.9. The van der Waals surface area contributed by atoms with Gasteiger partial charge in [-0.25, -0.2) is 0 Å². The fourth-order valence-corrected chi connectivity index (χ4v) is 3.89. The van der Waals surface area contributed by atoms with E-state index in [9.17, 15) is 4.79 Å². The molecule has 0 unspecified atom stereocenters. The molecule has 26 heavy (non-hydrogen) atoms. The highest BCUT2D eigenvalue weighted by molar-refractivity contribution is 8.26. The molecule has 128 valence electrons. The molecule has 0 aromatic heterocycles. The molecule has 0 radical (unpaired) electrons. The molecule has 0 atom stereocenters. The molecule has 0 saturated carbocycles. The number of ether oxygens (including phenoxy) is 1. The summed E-state index contributed by atoms with van der Waals surface area (Å²) in [5.41, 5.74) is 2.05. The molecule has 1 saturated heterocycles. The maximum absolute atomic E-state index is 11.8. The SMILES string of the molecule is O=C1NC(=S)S/C1=C\c1cccc(OCc2cccc3ccccc23)c1. The van der Waals surface area contributed by atoms with Gasteiger partial charge in [0.25, 0.3) is 5.91 Å². The first kappa shape index (κ1) is 16.8. The Morgan fingerprint density at radius 3 is 2.69 bits per heavy atom. The zero-order valence-electron chi connectivity index (χ0n) is 13.8. The van der Waals surface area contributed by atoms with Gasteiger partial charge in [-0.05, 0) is 40.1 Å². The summed E-state index contributed by atoms with van der Waals surface area (Å²) >= 11 is 6.29. The van der Waals surface area contributed by atoms with Crippen LogP contribution in [0.25, 0.3) is 16.8 Å². The van der Waals surface area contributed by atoms with Crippen molar-refractivity contribution in [2.75, 3.05) is 0 Å². The largest absolute Gasteiger partial charge is 0.489 e. The smallest absolute Gasteiger partial charge is 0.263 e. The van der Waals surface area contributed by atoms with Gasteiger partial charge in [0.2, 0.25) is 0 Å². The summed E-state index contributed by atoms with van der Waals surface area (Å²) in [6, 6.07) is 22.2. The number of benzene rings is 3. The highest BCUT2D eigenvalue weighted by Gasteiger charge is 2.21. The van der Waals surface area contributed by atoms with Gasteiger partial charge in [-0.2, -0.15) is 0 Å². The van der Waals surface area contributed by atoms with Crippen LogP contribution in [0.15, 0.2) is 71.6 Å². The molecule has 0 spiro atoms. The Kier molecular flexibility index (Phi) is 4.73. The van der Waals surface area contributed by atoms with Gasteiger partial charge < -0.3 is 10.1 Å². The second kappa shape index (κ2) is 7.32. The lowest BCUT2D eigenvalue weighted by molar-refractivity contribution is -0.115. The Morgan fingerprint density at radius 1 is 1.04 bits per heavy atom. The Balaban J connectivity index is 1.53. The van der Waals surface area contributed by atoms with Crippen LogP contribution in [0.5, 0.6) is 5.75 Å². The fourth-order valence-electron chi connectivity index (χ4n) is 2.85. The minimum Gasteiger partial charge on any atom is -0.489 e. The number of nitrogens with one attached hydrogen (secondary N) is 1. The van der Waals surface area contributed by atoms with Gasteiger partial charge in [0, 0.05) is 0 Å². The Morgan fingerprint density at radius 2 is 1.85 bits per heavy atom. The number of carbonyl (C=O) groups excluding carboxylic acids is 1. The van der Waals surface area contributed by atoms with Crippen LogP contribution in [-0.4, -0.2) is 10.2 Å². The molecule has 1 fully saturated rings. The van der Waals surface area contributed by atoms with Gasteiger partial charge in [-0.15, -0.1) is 0 Å². The predicted molar refractivity (Wildman–Crippen MR) is 111 cm³/mol. The molecule has 1 aliphatic heterocycles. The molecule has 3 aromatic rings. The number of carbonyl (C=O) groups is 1. The first-order chi connectivity index (χ1) is 12.7. The topological polar surface area (TPSA) is 38.3 Å². The highest BCUT2D eigenvalue weighted by Crippen LogP contribution is 2.27. The minimum atomic E-state index is -0.151. The van der Waals surface area contributed by atoms with Crippen LogP contribution in [0, 0.1) is 0 Å². The van der Waals surface area contributed by atoms with Crippen LogP contribution in [0.2, 0.25) is 0 Å². The summed E-state index contributed by atoms with van der Waals surface area (Å²) in [6.07, 6.45) is 1.82. The third-order valence-electron chi connectivity index (χ3n) is 4.07. The van der Waals surface area contributed by atoms with Gasteiger partial charge in [0.15, 0.2) is 0 Å². The van der Waals surface area contributed by atoms with Crippen molar-refractivity contribution in [3.8, 4) is 5.75 Å². The van der Waals surface area contributed by atoms with Crippen molar-refractivity contribution in [2.24, 2.45) is 0 Å². The quantitative estimate of drug-likeness (QED) is 0.518. The van der Waals surface area contributed by atoms with Crippen LogP contribution in [0.3, 0.4) is 0 Å². The monoisotopic (exact) mass is 377 g/mol. The number of thiocarbonyl (C=S) groups is 1. The van der Waals surface area contributed by atoms with E-state index in [1.807, 2.05) is 48.5 Å². The summed E-state index contributed by atoms with van der Waals surface area (Å²) in [4.78, 5) is 12.4. The van der Waals surface area contributed by atoms with Crippen molar-refractivity contribution >= 4 is 51.1 Å². The third kappa shape index (κ3) is 3.64. The Bertz CT molecular complexity index is 1040. The van der Waals surface area contributed by atoms with Gasteiger partial charge >= 0.3 is 0 Å². The lowest BCUT2D eigenvalue weighted by Crippen LogP contribution is -2.17. The number of fused-ring (bicyclic) bond motifs is 1. The third-order valence-corrected chi connectivity index (χ3v) is 5.23. The van der Waals surface area contributed by atoms with E-state index in [4.69, 9.17) is 17.0 Å². The summed E-state index contributed by atoms with van der Waals surface area (Å²) in [6.45, 7) is 0.487. The molecule has 1 N–H and O–H groups in total. The fraction of sp³-hybridized carbons (Fsp3) is 0.0476. The molecule has 5 heteroatoms. The molecule has 1 heterocycles. The second-order valence-electron chi connectivity index (χ2n) is 5.85. The van der Waals surface area contributed by atoms with Crippen LogP contribution < -0.4 is 10.1 Å². The van der Waals surface area contributed by atoms with E-state index in [1.165, 1.54) is 22.5 Å². The standard InChI is InChI=1S/C21H15NO2S2/c23-20-19(26-21(25)22-20)12-14-5-3-9-17(11-14)24-13-16-8-4-7-15-6-1-2-10-18(15)16/h1-12H,13H2,(H,22,23,25)/b19-12-. The lowest BCUT2D eigenvalue weighted by Gasteiger charge is -2.09. The van der Waals surface area contributed by atoms with Crippen LogP contribution >= 0.6 is 24.0 Å². The van der Waals surface area contributed by atoms with E-state index in [-0.39, 0.29) is 5.91 Å². The predicted octanol–water partition coefficient (Wildman–Crippen LogP) is 4.91. The van der Waals surface area contributed by atoms with Gasteiger partial charge in [-0.1, -0.05) is 78.6 Å². The maximum atomic E-state index is 11.8. The first-order valence-electron chi connectivity index (χ1n) is 8.13. The summed E-state index contributed by atoms with van der Waals surface area (Å²) in [5, 5.41) is 5.02. The van der Waals surface area contributed by atoms with E-state index in [2.05, 4.69) is 29.6 Å². The van der Waals surface area contributed by atoms with E-state index >= 15 is 0 Å². The van der Waals surface area contributed by atoms with Crippen molar-refractivity contribution in [1.82, 2.24) is 5.32 Å². The molecule has 3 nitrogen and oxygen atoms in total. The van der Waals surface area contributed by atoms with E-state index < -0.39 is 0 Å². The number of amides is 1. The summed E-state index contributed by atoms with van der Waals surface area (Å²) in [7, 11) is 0. The van der Waals surface area contributed by atoms with Gasteiger partial charge in [0.1, 0.15) is 16.7 Å². The van der Waals surface area contributed by atoms with Gasteiger partial charge in [-0.3, -0.25) is 4.79 Å². The van der Waals surface area contributed by atoms with E-state index in [0.717, 1.165) is 16.9 Å². The minimum absolute atomic E-state index is 0.151. The van der Waals surface area contributed by atoms with E-state index in [1.54, 1.807) is 0 Å². The van der Waals surface area contributed by atoms with Crippen molar-refractivity contribution in [2.45, 2.75) is 6.61 Å². The number of rotatable bonds is 4. The molecular weight excluding hydrogens is 362 g/mol. The Labute approximate surface area is 161 Å². The molecule has 1 aliphatic rings. The van der Waals surface area contributed by atoms with Crippen molar-refractivity contribution < 1.29 is 9.53 Å². The zero-order valence-corrected chi connectivity index (χ0v) is 15.4. The highest BCUT2D eigenvalue weighted by atomic mass is 32.2. The molecule has 1 amide bonds. The summed E-state index contributed by atoms with van der Waals surface area (Å²) in [5.74, 6) is 0.611. The molecular formula is C21H15NO2S2. The summed E-state index contributed by atoms with van der Waals surface area (Å²) < 4.78 is 6.48. The van der Waals surface area contributed by atoms with Crippen molar-refractivity contribution in [3.63, 3.8) is 0 Å². The average Bonchev–Trinajstić information content (AvgIpc) is 2.97. The van der Waals surface area contributed by atoms with Crippen LogP contribution in [0.4, 0.5) is 0 Å². The van der Waals surface area contributed by atoms with Gasteiger partial charge in [0.05, 0.1) is 4.91 Å². The number of thioether (sulfide) groups is 1. The van der Waals surface area contributed by atoms with Crippen molar-refractivity contribution in [3.05, 3.63) is 82.8 Å². The Hall–Kier alpha value is -2.63. The second-order valence-corrected chi connectivity index (χ2v) is 7.57. The van der Waals surface area contributed by atoms with E-state index in [0.29, 0.717) is 15.8 Å². The molecule has 3 aromatic carbocycles. The van der Waals surface area contributed by atoms with Crippen molar-refractivity contribution in [1.29, 1.82) is 0 Å². The van der Waals surface area contributed by atoms with Crippen LogP contribution in [-0.2, 0) is 11.4 Å².